The van der Waals surface area contributed by atoms with Gasteiger partial charge in [-0.25, -0.2) is 4.79 Å². The van der Waals surface area contributed by atoms with Crippen molar-refractivity contribution in [1.29, 1.82) is 0 Å². The van der Waals surface area contributed by atoms with Crippen molar-refractivity contribution < 1.29 is 9.53 Å². The molecule has 0 amide bonds. The zero-order chi connectivity index (χ0) is 15.9. The van der Waals surface area contributed by atoms with Crippen molar-refractivity contribution in [3.05, 3.63) is 71.3 Å². The fourth-order valence-electron chi connectivity index (χ4n) is 3.05. The summed E-state index contributed by atoms with van der Waals surface area (Å²) < 4.78 is 5.73. The average Bonchev–Trinajstić information content (AvgIpc) is 2.84. The van der Waals surface area contributed by atoms with E-state index in [1.807, 2.05) is 36.4 Å². The van der Waals surface area contributed by atoms with E-state index in [-0.39, 0.29) is 12.1 Å². The van der Waals surface area contributed by atoms with Crippen molar-refractivity contribution in [1.82, 2.24) is 0 Å². The van der Waals surface area contributed by atoms with Crippen LogP contribution in [0.1, 0.15) is 33.2 Å². The average molecular weight is 308 g/mol. The number of rotatable bonds is 3. The van der Waals surface area contributed by atoms with E-state index in [2.05, 4.69) is 32.3 Å². The highest BCUT2D eigenvalue weighted by atomic mass is 28.3. The van der Waals surface area contributed by atoms with Gasteiger partial charge in [-0.2, -0.15) is 0 Å². The lowest BCUT2D eigenvalue weighted by Gasteiger charge is -2.23. The first kappa shape index (κ1) is 14.8. The SMILES string of the molecule is C=Cc1ccc([Si](C)(C)C)c2c1C(=O)OC2c1ccccc1. The number of cyclic esters (lactones) is 1. The number of esters is 1. The molecule has 1 heterocycles. The standard InChI is InChI=1S/C19H20O2Si/c1-5-13-11-12-15(22(2,3)4)17-16(13)19(20)21-18(17)14-9-7-6-8-10-14/h5-12,18H,1H2,2-4H3. The summed E-state index contributed by atoms with van der Waals surface area (Å²) in [7, 11) is -1.60. The van der Waals surface area contributed by atoms with E-state index in [0.29, 0.717) is 5.56 Å². The van der Waals surface area contributed by atoms with Gasteiger partial charge in [0.1, 0.15) is 0 Å². The van der Waals surface area contributed by atoms with E-state index < -0.39 is 8.07 Å². The Labute approximate surface area is 132 Å². The molecule has 0 spiro atoms. The molecule has 0 bridgehead atoms. The third-order valence-electron chi connectivity index (χ3n) is 4.10. The third kappa shape index (κ3) is 2.31. The lowest BCUT2D eigenvalue weighted by atomic mass is 9.95. The van der Waals surface area contributed by atoms with Gasteiger partial charge in [0.05, 0.1) is 13.6 Å². The highest BCUT2D eigenvalue weighted by Gasteiger charge is 2.38. The number of benzene rings is 2. The van der Waals surface area contributed by atoms with Crippen LogP contribution < -0.4 is 5.19 Å². The number of ether oxygens (including phenoxy) is 1. The maximum atomic E-state index is 12.5. The lowest BCUT2D eigenvalue weighted by Crippen LogP contribution is -2.41. The molecular formula is C19H20O2Si. The van der Waals surface area contributed by atoms with Gasteiger partial charge in [-0.3, -0.25) is 0 Å². The second kappa shape index (κ2) is 5.25. The van der Waals surface area contributed by atoms with Crippen LogP contribution in [0.15, 0.2) is 49.0 Å². The quantitative estimate of drug-likeness (QED) is 0.629. The van der Waals surface area contributed by atoms with Gasteiger partial charge < -0.3 is 4.74 Å². The van der Waals surface area contributed by atoms with Crippen molar-refractivity contribution in [2.24, 2.45) is 0 Å². The minimum Gasteiger partial charge on any atom is -0.449 e. The molecule has 22 heavy (non-hydrogen) atoms. The Morgan fingerprint density at radius 3 is 2.36 bits per heavy atom. The fraction of sp³-hybridized carbons (Fsp3) is 0.211. The Morgan fingerprint density at radius 2 is 1.77 bits per heavy atom. The van der Waals surface area contributed by atoms with Gasteiger partial charge in [0, 0.05) is 5.56 Å². The third-order valence-corrected chi connectivity index (χ3v) is 6.15. The highest BCUT2D eigenvalue weighted by Crippen LogP contribution is 2.37. The number of carbonyl (C=O) groups is 1. The first-order valence-corrected chi connectivity index (χ1v) is 11.0. The van der Waals surface area contributed by atoms with Gasteiger partial charge in [0.15, 0.2) is 6.10 Å². The second-order valence-corrected chi connectivity index (χ2v) is 11.7. The zero-order valence-electron chi connectivity index (χ0n) is 13.2. The van der Waals surface area contributed by atoms with E-state index in [9.17, 15) is 4.79 Å². The fourth-order valence-corrected chi connectivity index (χ4v) is 4.70. The Hall–Kier alpha value is -2.13. The Kier molecular flexibility index (Phi) is 3.53. The molecule has 1 aliphatic rings. The summed E-state index contributed by atoms with van der Waals surface area (Å²) in [5.74, 6) is -0.237. The molecule has 3 rings (SSSR count). The number of hydrogen-bond acceptors (Lipinski definition) is 2. The van der Waals surface area contributed by atoms with Crippen molar-refractivity contribution in [3.63, 3.8) is 0 Å². The monoisotopic (exact) mass is 308 g/mol. The molecule has 0 aliphatic carbocycles. The van der Waals surface area contributed by atoms with E-state index in [0.717, 1.165) is 16.7 Å². The van der Waals surface area contributed by atoms with Gasteiger partial charge >= 0.3 is 5.97 Å². The highest BCUT2D eigenvalue weighted by molar-refractivity contribution is 6.89. The van der Waals surface area contributed by atoms with Gasteiger partial charge in [-0.15, -0.1) is 0 Å². The Balaban J connectivity index is 2.29. The predicted molar refractivity (Wildman–Crippen MR) is 93.2 cm³/mol. The molecule has 2 nitrogen and oxygen atoms in total. The number of hydrogen-bond donors (Lipinski definition) is 0. The van der Waals surface area contributed by atoms with Crippen LogP contribution >= 0.6 is 0 Å². The van der Waals surface area contributed by atoms with E-state index in [1.165, 1.54) is 5.19 Å². The number of fused-ring (bicyclic) bond motifs is 1. The second-order valence-electron chi connectivity index (χ2n) is 6.64. The first-order chi connectivity index (χ1) is 10.4. The smallest absolute Gasteiger partial charge is 0.340 e. The molecule has 3 heteroatoms. The van der Waals surface area contributed by atoms with Crippen molar-refractivity contribution in [2.45, 2.75) is 25.7 Å². The summed E-state index contributed by atoms with van der Waals surface area (Å²) >= 11 is 0. The summed E-state index contributed by atoms with van der Waals surface area (Å²) in [6.07, 6.45) is 1.44. The van der Waals surface area contributed by atoms with Crippen molar-refractivity contribution >= 4 is 25.3 Å². The summed E-state index contributed by atoms with van der Waals surface area (Å²) in [5.41, 5.74) is 3.63. The molecule has 112 valence electrons. The molecule has 1 unspecified atom stereocenters. The van der Waals surface area contributed by atoms with Gasteiger partial charge in [-0.05, 0) is 11.1 Å². The molecular weight excluding hydrogens is 288 g/mol. The van der Waals surface area contributed by atoms with Crippen LogP contribution in [0.2, 0.25) is 19.6 Å². The van der Waals surface area contributed by atoms with Crippen molar-refractivity contribution in [2.75, 3.05) is 0 Å². The minimum atomic E-state index is -1.60. The molecule has 2 aromatic rings. The van der Waals surface area contributed by atoms with E-state index >= 15 is 0 Å². The molecule has 0 N–H and O–H groups in total. The van der Waals surface area contributed by atoms with Crippen LogP contribution in [0.5, 0.6) is 0 Å². The minimum absolute atomic E-state index is 0.237. The van der Waals surface area contributed by atoms with Crippen LogP contribution in [0.3, 0.4) is 0 Å². The van der Waals surface area contributed by atoms with Crippen LogP contribution in [-0.2, 0) is 4.74 Å². The molecule has 0 fully saturated rings. The molecule has 1 atom stereocenters. The molecule has 0 radical (unpaired) electrons. The van der Waals surface area contributed by atoms with Crippen LogP contribution in [0.25, 0.3) is 6.08 Å². The zero-order valence-corrected chi connectivity index (χ0v) is 14.2. The van der Waals surface area contributed by atoms with E-state index in [1.54, 1.807) is 6.08 Å². The summed E-state index contributed by atoms with van der Waals surface area (Å²) in [6, 6.07) is 14.1. The Bertz CT molecular complexity index is 742. The maximum Gasteiger partial charge on any atom is 0.340 e. The van der Waals surface area contributed by atoms with Gasteiger partial charge in [-0.1, -0.05) is 79.9 Å². The maximum absolute atomic E-state index is 12.5. The molecule has 0 saturated carbocycles. The molecule has 0 saturated heterocycles. The molecule has 0 aromatic heterocycles. The summed E-state index contributed by atoms with van der Waals surface area (Å²) in [4.78, 5) is 12.5. The van der Waals surface area contributed by atoms with Crippen LogP contribution in [-0.4, -0.2) is 14.0 Å². The van der Waals surface area contributed by atoms with Gasteiger partial charge in [0.25, 0.3) is 0 Å². The lowest BCUT2D eigenvalue weighted by molar-refractivity contribution is 0.0456. The topological polar surface area (TPSA) is 26.3 Å². The van der Waals surface area contributed by atoms with Crippen LogP contribution in [0.4, 0.5) is 0 Å². The van der Waals surface area contributed by atoms with Crippen molar-refractivity contribution in [3.8, 4) is 0 Å². The number of carbonyl (C=O) groups excluding carboxylic acids is 1. The summed E-state index contributed by atoms with van der Waals surface area (Å²) in [6.45, 7) is 10.7. The molecule has 1 aliphatic heterocycles. The summed E-state index contributed by atoms with van der Waals surface area (Å²) in [5, 5.41) is 1.29. The van der Waals surface area contributed by atoms with Gasteiger partial charge in [0.2, 0.25) is 0 Å². The van der Waals surface area contributed by atoms with Crippen LogP contribution in [0, 0.1) is 0 Å². The molecule has 2 aromatic carbocycles. The normalized spacial score (nSPS) is 17.0. The van der Waals surface area contributed by atoms with E-state index in [4.69, 9.17) is 4.74 Å². The predicted octanol–water partition coefficient (Wildman–Crippen LogP) is 4.13. The largest absolute Gasteiger partial charge is 0.449 e. The first-order valence-electron chi connectivity index (χ1n) is 7.49. The Morgan fingerprint density at radius 1 is 1.09 bits per heavy atom.